The Labute approximate surface area is 115 Å². The number of hydrogen-bond donors (Lipinski definition) is 0. The van der Waals surface area contributed by atoms with Crippen molar-refractivity contribution in [2.45, 2.75) is 12.3 Å². The minimum atomic E-state index is -0.379. The predicted octanol–water partition coefficient (Wildman–Crippen LogP) is 2.96. The van der Waals surface area contributed by atoms with Crippen molar-refractivity contribution in [1.29, 1.82) is 0 Å². The minimum Gasteiger partial charge on any atom is -0.380 e. The third-order valence-corrected chi connectivity index (χ3v) is 3.21. The second kappa shape index (κ2) is 7.33. The van der Waals surface area contributed by atoms with Crippen molar-refractivity contribution in [2.75, 3.05) is 31.7 Å². The second-order valence-corrected chi connectivity index (χ2v) is 4.38. The van der Waals surface area contributed by atoms with Gasteiger partial charge in [0.1, 0.15) is 0 Å². The first kappa shape index (κ1) is 14.9. The van der Waals surface area contributed by atoms with E-state index in [9.17, 15) is 10.1 Å². The van der Waals surface area contributed by atoms with Crippen LogP contribution >= 0.6 is 15.9 Å². The highest BCUT2D eigenvalue weighted by molar-refractivity contribution is 9.08. The summed E-state index contributed by atoms with van der Waals surface area (Å²) in [5.74, 6) is 0. The van der Waals surface area contributed by atoms with Gasteiger partial charge in [-0.25, -0.2) is 0 Å². The van der Waals surface area contributed by atoms with E-state index in [1.807, 2.05) is 18.9 Å². The number of nitro groups is 1. The molecule has 0 bridgehead atoms. The predicted molar refractivity (Wildman–Crippen MR) is 75.5 cm³/mol. The van der Waals surface area contributed by atoms with E-state index >= 15 is 0 Å². The largest absolute Gasteiger partial charge is 0.380 e. The number of halogens is 1. The van der Waals surface area contributed by atoms with E-state index in [-0.39, 0.29) is 10.6 Å². The number of hydrogen-bond acceptors (Lipinski definition) is 4. The fraction of sp³-hybridized carbons (Fsp3) is 0.500. The van der Waals surface area contributed by atoms with Crippen LogP contribution in [0.4, 0.5) is 11.4 Å². The average molecular weight is 317 g/mol. The van der Waals surface area contributed by atoms with Crippen LogP contribution in [0, 0.1) is 10.1 Å². The maximum Gasteiger partial charge on any atom is 0.269 e. The molecule has 6 heteroatoms. The van der Waals surface area contributed by atoms with Crippen molar-refractivity contribution in [1.82, 2.24) is 0 Å². The van der Waals surface area contributed by atoms with Gasteiger partial charge in [0.15, 0.2) is 0 Å². The van der Waals surface area contributed by atoms with Gasteiger partial charge < -0.3 is 9.64 Å². The number of nitrogens with zero attached hydrogens (tertiary/aromatic N) is 2. The third kappa shape index (κ3) is 3.96. The molecule has 5 nitrogen and oxygen atoms in total. The van der Waals surface area contributed by atoms with Gasteiger partial charge in [0.25, 0.3) is 5.69 Å². The lowest BCUT2D eigenvalue weighted by atomic mass is 10.1. The molecular formula is C12H17BrN2O3. The SMILES string of the molecule is CCOCCN(C)c1ccc([N+](=O)[O-])cc1CBr. The molecule has 0 heterocycles. The van der Waals surface area contributed by atoms with E-state index in [2.05, 4.69) is 15.9 Å². The van der Waals surface area contributed by atoms with Gasteiger partial charge in [0, 0.05) is 43.3 Å². The number of ether oxygens (including phenoxy) is 1. The maximum atomic E-state index is 10.7. The Morgan fingerprint density at radius 2 is 2.22 bits per heavy atom. The van der Waals surface area contributed by atoms with Gasteiger partial charge >= 0.3 is 0 Å². The van der Waals surface area contributed by atoms with Crippen LogP contribution in [0.15, 0.2) is 18.2 Å². The number of likely N-dealkylation sites (N-methyl/N-ethyl adjacent to an activating group) is 1. The molecule has 0 saturated heterocycles. The zero-order chi connectivity index (χ0) is 13.5. The molecular weight excluding hydrogens is 300 g/mol. The number of alkyl halides is 1. The molecule has 1 aromatic rings. The van der Waals surface area contributed by atoms with Crippen molar-refractivity contribution < 1.29 is 9.66 Å². The molecule has 0 aliphatic carbocycles. The van der Waals surface area contributed by atoms with E-state index in [4.69, 9.17) is 4.74 Å². The Kier molecular flexibility index (Phi) is 6.07. The van der Waals surface area contributed by atoms with E-state index in [0.717, 1.165) is 17.8 Å². The Morgan fingerprint density at radius 3 is 2.78 bits per heavy atom. The topological polar surface area (TPSA) is 55.6 Å². The molecule has 1 aromatic carbocycles. The number of benzene rings is 1. The molecule has 0 saturated carbocycles. The Bertz CT molecular complexity index is 412. The van der Waals surface area contributed by atoms with Gasteiger partial charge in [-0.05, 0) is 18.6 Å². The molecule has 0 aliphatic rings. The smallest absolute Gasteiger partial charge is 0.269 e. The molecule has 100 valence electrons. The normalized spacial score (nSPS) is 10.4. The van der Waals surface area contributed by atoms with Crippen LogP contribution in [0.3, 0.4) is 0 Å². The Hall–Kier alpha value is -1.14. The summed E-state index contributed by atoms with van der Waals surface area (Å²) in [6.07, 6.45) is 0. The summed E-state index contributed by atoms with van der Waals surface area (Å²) < 4.78 is 5.30. The lowest BCUT2D eigenvalue weighted by Gasteiger charge is -2.21. The zero-order valence-electron chi connectivity index (χ0n) is 10.6. The quantitative estimate of drug-likeness (QED) is 0.336. The van der Waals surface area contributed by atoms with Gasteiger partial charge in [0.2, 0.25) is 0 Å². The van der Waals surface area contributed by atoms with Crippen molar-refractivity contribution in [3.63, 3.8) is 0 Å². The van der Waals surface area contributed by atoms with Gasteiger partial charge in [-0.15, -0.1) is 0 Å². The van der Waals surface area contributed by atoms with Gasteiger partial charge in [-0.1, -0.05) is 15.9 Å². The fourth-order valence-electron chi connectivity index (χ4n) is 1.63. The first-order valence-electron chi connectivity index (χ1n) is 5.72. The van der Waals surface area contributed by atoms with Crippen LogP contribution in [0.1, 0.15) is 12.5 Å². The van der Waals surface area contributed by atoms with Crippen LogP contribution in [-0.4, -0.2) is 31.7 Å². The fourth-order valence-corrected chi connectivity index (χ4v) is 2.08. The van der Waals surface area contributed by atoms with Crippen LogP contribution < -0.4 is 4.90 Å². The number of anilines is 1. The maximum absolute atomic E-state index is 10.7. The van der Waals surface area contributed by atoms with Crippen molar-refractivity contribution in [2.24, 2.45) is 0 Å². The summed E-state index contributed by atoms with van der Waals surface area (Å²) in [7, 11) is 1.95. The lowest BCUT2D eigenvalue weighted by molar-refractivity contribution is -0.384. The van der Waals surface area contributed by atoms with E-state index in [0.29, 0.717) is 18.5 Å². The monoisotopic (exact) mass is 316 g/mol. The van der Waals surface area contributed by atoms with E-state index < -0.39 is 0 Å². The standard InChI is InChI=1S/C12H17BrN2O3/c1-3-18-7-6-14(2)12-5-4-11(15(16)17)8-10(12)9-13/h4-5,8H,3,6-7,9H2,1-2H3. The molecule has 0 atom stereocenters. The molecule has 18 heavy (non-hydrogen) atoms. The van der Waals surface area contributed by atoms with E-state index in [1.54, 1.807) is 12.1 Å². The Balaban J connectivity index is 2.84. The number of rotatable bonds is 7. The van der Waals surface area contributed by atoms with Crippen LogP contribution in [0.2, 0.25) is 0 Å². The van der Waals surface area contributed by atoms with Crippen molar-refractivity contribution in [3.05, 3.63) is 33.9 Å². The van der Waals surface area contributed by atoms with Gasteiger partial charge in [-0.2, -0.15) is 0 Å². The molecule has 0 fully saturated rings. The summed E-state index contributed by atoms with van der Waals surface area (Å²) in [5.41, 5.74) is 2.01. The molecule has 1 rings (SSSR count). The third-order valence-electron chi connectivity index (χ3n) is 2.60. The summed E-state index contributed by atoms with van der Waals surface area (Å²) in [6, 6.07) is 4.90. The second-order valence-electron chi connectivity index (χ2n) is 3.82. The van der Waals surface area contributed by atoms with Crippen LogP contribution in [-0.2, 0) is 10.1 Å². The zero-order valence-corrected chi connectivity index (χ0v) is 12.1. The van der Waals surface area contributed by atoms with Gasteiger partial charge in [-0.3, -0.25) is 10.1 Å². The number of nitro benzene ring substituents is 1. The Morgan fingerprint density at radius 1 is 1.50 bits per heavy atom. The molecule has 0 amide bonds. The van der Waals surface area contributed by atoms with Crippen LogP contribution in [0.5, 0.6) is 0 Å². The van der Waals surface area contributed by atoms with Crippen molar-refractivity contribution >= 4 is 27.3 Å². The molecule has 0 N–H and O–H groups in total. The molecule has 0 aromatic heterocycles. The van der Waals surface area contributed by atoms with Crippen LogP contribution in [0.25, 0.3) is 0 Å². The highest BCUT2D eigenvalue weighted by Gasteiger charge is 2.12. The van der Waals surface area contributed by atoms with Crippen molar-refractivity contribution in [3.8, 4) is 0 Å². The molecule has 0 spiro atoms. The summed E-state index contributed by atoms with van der Waals surface area (Å²) in [5, 5.41) is 11.3. The van der Waals surface area contributed by atoms with E-state index in [1.165, 1.54) is 6.07 Å². The molecule has 0 unspecified atom stereocenters. The lowest BCUT2D eigenvalue weighted by Crippen LogP contribution is -2.23. The number of non-ortho nitro benzene ring substituents is 1. The highest BCUT2D eigenvalue weighted by atomic mass is 79.9. The minimum absolute atomic E-state index is 0.117. The first-order valence-corrected chi connectivity index (χ1v) is 6.84. The molecule has 0 aliphatic heterocycles. The highest BCUT2D eigenvalue weighted by Crippen LogP contribution is 2.26. The first-order chi connectivity index (χ1) is 8.60. The summed E-state index contributed by atoms with van der Waals surface area (Å²) in [4.78, 5) is 12.4. The molecule has 0 radical (unpaired) electrons. The average Bonchev–Trinajstić information content (AvgIpc) is 2.38. The van der Waals surface area contributed by atoms with Gasteiger partial charge in [0.05, 0.1) is 11.5 Å². The summed E-state index contributed by atoms with van der Waals surface area (Å²) >= 11 is 3.36. The summed E-state index contributed by atoms with van der Waals surface area (Å²) in [6.45, 7) is 4.05.